The van der Waals surface area contributed by atoms with E-state index in [4.69, 9.17) is 10.5 Å². The predicted octanol–water partition coefficient (Wildman–Crippen LogP) is 2.20. The highest BCUT2D eigenvalue weighted by molar-refractivity contribution is 5.48. The number of nitrogens with two attached hydrogens (primary N) is 1. The number of nitrogens with one attached hydrogen (secondary N) is 1. The summed E-state index contributed by atoms with van der Waals surface area (Å²) in [7, 11) is 1.65. The lowest BCUT2D eigenvalue weighted by Gasteiger charge is -2.18. The number of pyridine rings is 1. The second-order valence-corrected chi connectivity index (χ2v) is 3.94. The molecule has 1 aromatic heterocycles. The summed E-state index contributed by atoms with van der Waals surface area (Å²) in [5.41, 5.74) is 7.95. The third kappa shape index (κ3) is 2.99. The standard InChI is InChI=1S/C14H17N3O/c1-18-13-4-2-12(3-5-13)17-14(10-15)11-6-8-16-9-7-11/h2-9,14,17H,10,15H2,1H3. The minimum atomic E-state index is 0.0846. The third-order valence-corrected chi connectivity index (χ3v) is 2.78. The quantitative estimate of drug-likeness (QED) is 0.845. The first-order chi connectivity index (χ1) is 8.83. The zero-order valence-electron chi connectivity index (χ0n) is 10.3. The van der Waals surface area contributed by atoms with Crippen molar-refractivity contribution in [3.63, 3.8) is 0 Å². The molecule has 0 bridgehead atoms. The Hall–Kier alpha value is -2.07. The van der Waals surface area contributed by atoms with Gasteiger partial charge in [-0.05, 0) is 42.0 Å². The highest BCUT2D eigenvalue weighted by Gasteiger charge is 2.08. The SMILES string of the molecule is COc1ccc(NC(CN)c2ccncc2)cc1. The van der Waals surface area contributed by atoms with Gasteiger partial charge in [-0.25, -0.2) is 0 Å². The maximum absolute atomic E-state index is 5.80. The van der Waals surface area contributed by atoms with Crippen molar-refractivity contribution in [3.8, 4) is 5.75 Å². The Morgan fingerprint density at radius 3 is 2.39 bits per heavy atom. The maximum atomic E-state index is 5.80. The van der Waals surface area contributed by atoms with Crippen molar-refractivity contribution in [2.75, 3.05) is 19.0 Å². The zero-order chi connectivity index (χ0) is 12.8. The van der Waals surface area contributed by atoms with Gasteiger partial charge < -0.3 is 15.8 Å². The Bertz CT molecular complexity index is 470. The molecule has 2 rings (SSSR count). The molecule has 4 heteroatoms. The Labute approximate surface area is 107 Å². The van der Waals surface area contributed by atoms with Crippen LogP contribution in [-0.2, 0) is 0 Å². The van der Waals surface area contributed by atoms with Gasteiger partial charge >= 0.3 is 0 Å². The summed E-state index contributed by atoms with van der Waals surface area (Å²) in [4.78, 5) is 4.01. The Morgan fingerprint density at radius 2 is 1.83 bits per heavy atom. The van der Waals surface area contributed by atoms with E-state index in [0.717, 1.165) is 17.0 Å². The fourth-order valence-electron chi connectivity index (χ4n) is 1.76. The molecule has 0 aliphatic carbocycles. The van der Waals surface area contributed by atoms with Crippen LogP contribution in [0.25, 0.3) is 0 Å². The first-order valence-corrected chi connectivity index (χ1v) is 5.84. The van der Waals surface area contributed by atoms with Crippen LogP contribution >= 0.6 is 0 Å². The second-order valence-electron chi connectivity index (χ2n) is 3.94. The van der Waals surface area contributed by atoms with Crippen molar-refractivity contribution in [1.29, 1.82) is 0 Å². The number of ether oxygens (including phenoxy) is 1. The number of aromatic nitrogens is 1. The van der Waals surface area contributed by atoms with E-state index in [-0.39, 0.29) is 6.04 Å². The minimum Gasteiger partial charge on any atom is -0.497 e. The molecule has 3 N–H and O–H groups in total. The van der Waals surface area contributed by atoms with Gasteiger partial charge in [0.15, 0.2) is 0 Å². The Balaban J connectivity index is 2.10. The van der Waals surface area contributed by atoms with E-state index in [9.17, 15) is 0 Å². The van der Waals surface area contributed by atoms with Crippen molar-refractivity contribution >= 4 is 5.69 Å². The molecule has 0 saturated heterocycles. The summed E-state index contributed by atoms with van der Waals surface area (Å²) in [6, 6.07) is 11.8. The van der Waals surface area contributed by atoms with Gasteiger partial charge in [0.25, 0.3) is 0 Å². The first kappa shape index (κ1) is 12.4. The number of nitrogens with zero attached hydrogens (tertiary/aromatic N) is 1. The van der Waals surface area contributed by atoms with Gasteiger partial charge in [-0.15, -0.1) is 0 Å². The van der Waals surface area contributed by atoms with E-state index in [1.54, 1.807) is 19.5 Å². The van der Waals surface area contributed by atoms with Gasteiger partial charge in [-0.3, -0.25) is 4.98 Å². The molecule has 2 aromatic rings. The number of anilines is 1. The van der Waals surface area contributed by atoms with Crippen LogP contribution < -0.4 is 15.8 Å². The molecule has 4 nitrogen and oxygen atoms in total. The third-order valence-electron chi connectivity index (χ3n) is 2.78. The van der Waals surface area contributed by atoms with Crippen LogP contribution in [0.2, 0.25) is 0 Å². The molecule has 0 amide bonds. The second kappa shape index (κ2) is 6.02. The molecule has 1 heterocycles. The summed E-state index contributed by atoms with van der Waals surface area (Å²) in [5.74, 6) is 0.841. The van der Waals surface area contributed by atoms with Crippen molar-refractivity contribution in [2.45, 2.75) is 6.04 Å². The molecule has 0 spiro atoms. The lowest BCUT2D eigenvalue weighted by molar-refractivity contribution is 0.415. The molecule has 0 aliphatic rings. The number of hydrogen-bond acceptors (Lipinski definition) is 4. The van der Waals surface area contributed by atoms with Crippen LogP contribution in [0.5, 0.6) is 5.75 Å². The summed E-state index contributed by atoms with van der Waals surface area (Å²) >= 11 is 0. The molecule has 18 heavy (non-hydrogen) atoms. The van der Waals surface area contributed by atoms with E-state index >= 15 is 0 Å². The zero-order valence-corrected chi connectivity index (χ0v) is 10.3. The summed E-state index contributed by atoms with van der Waals surface area (Å²) in [6.45, 7) is 0.524. The topological polar surface area (TPSA) is 60.2 Å². The molecule has 0 aliphatic heterocycles. The highest BCUT2D eigenvalue weighted by Crippen LogP contribution is 2.20. The predicted molar refractivity (Wildman–Crippen MR) is 72.6 cm³/mol. The largest absolute Gasteiger partial charge is 0.497 e. The summed E-state index contributed by atoms with van der Waals surface area (Å²) in [6.07, 6.45) is 3.54. The van der Waals surface area contributed by atoms with Crippen LogP contribution in [0.4, 0.5) is 5.69 Å². The minimum absolute atomic E-state index is 0.0846. The Kier molecular flexibility index (Phi) is 4.15. The van der Waals surface area contributed by atoms with Crippen LogP contribution in [0.1, 0.15) is 11.6 Å². The van der Waals surface area contributed by atoms with Crippen LogP contribution in [-0.4, -0.2) is 18.6 Å². The fraction of sp³-hybridized carbons (Fsp3) is 0.214. The van der Waals surface area contributed by atoms with Crippen molar-refractivity contribution < 1.29 is 4.74 Å². The monoisotopic (exact) mass is 243 g/mol. The molecule has 1 atom stereocenters. The molecule has 0 saturated carbocycles. The number of hydrogen-bond donors (Lipinski definition) is 2. The van der Waals surface area contributed by atoms with Crippen LogP contribution in [0, 0.1) is 0 Å². The average molecular weight is 243 g/mol. The average Bonchev–Trinajstić information content (AvgIpc) is 2.46. The van der Waals surface area contributed by atoms with Crippen LogP contribution in [0.3, 0.4) is 0 Å². The lowest BCUT2D eigenvalue weighted by atomic mass is 10.1. The number of methoxy groups -OCH3 is 1. The summed E-state index contributed by atoms with van der Waals surface area (Å²) in [5, 5.41) is 3.39. The van der Waals surface area contributed by atoms with Crippen LogP contribution in [0.15, 0.2) is 48.8 Å². The fourth-order valence-corrected chi connectivity index (χ4v) is 1.76. The smallest absolute Gasteiger partial charge is 0.119 e. The first-order valence-electron chi connectivity index (χ1n) is 5.84. The van der Waals surface area contributed by atoms with Gasteiger partial charge in [-0.1, -0.05) is 0 Å². The highest BCUT2D eigenvalue weighted by atomic mass is 16.5. The molecule has 0 radical (unpaired) electrons. The van der Waals surface area contributed by atoms with Gasteiger partial charge in [0.05, 0.1) is 13.2 Å². The molecule has 94 valence electrons. The maximum Gasteiger partial charge on any atom is 0.119 e. The van der Waals surface area contributed by atoms with E-state index in [1.165, 1.54) is 0 Å². The van der Waals surface area contributed by atoms with Gasteiger partial charge in [0.2, 0.25) is 0 Å². The van der Waals surface area contributed by atoms with E-state index in [2.05, 4.69) is 10.3 Å². The van der Waals surface area contributed by atoms with E-state index in [0.29, 0.717) is 6.54 Å². The number of rotatable bonds is 5. The molecular weight excluding hydrogens is 226 g/mol. The van der Waals surface area contributed by atoms with Crippen molar-refractivity contribution in [3.05, 3.63) is 54.4 Å². The van der Waals surface area contributed by atoms with Gasteiger partial charge in [-0.2, -0.15) is 0 Å². The van der Waals surface area contributed by atoms with E-state index in [1.807, 2.05) is 36.4 Å². The van der Waals surface area contributed by atoms with E-state index < -0.39 is 0 Å². The number of benzene rings is 1. The Morgan fingerprint density at radius 1 is 1.17 bits per heavy atom. The van der Waals surface area contributed by atoms with Gasteiger partial charge in [0, 0.05) is 24.6 Å². The van der Waals surface area contributed by atoms with Crippen molar-refractivity contribution in [1.82, 2.24) is 4.98 Å². The lowest BCUT2D eigenvalue weighted by Crippen LogP contribution is -2.20. The molecular formula is C14H17N3O. The molecule has 1 aromatic carbocycles. The van der Waals surface area contributed by atoms with Crippen molar-refractivity contribution in [2.24, 2.45) is 5.73 Å². The molecule has 1 unspecified atom stereocenters. The van der Waals surface area contributed by atoms with Gasteiger partial charge in [0.1, 0.15) is 5.75 Å². The molecule has 0 fully saturated rings. The summed E-state index contributed by atoms with van der Waals surface area (Å²) < 4.78 is 5.12. The normalized spacial score (nSPS) is 11.9.